The molecule has 1 aliphatic carbocycles. The van der Waals surface area contributed by atoms with E-state index in [-0.39, 0.29) is 49.8 Å². The third kappa shape index (κ3) is 6.04. The van der Waals surface area contributed by atoms with E-state index in [1.165, 1.54) is 17.9 Å². The highest BCUT2D eigenvalue weighted by Gasteiger charge is 2.31. The lowest BCUT2D eigenvalue weighted by Gasteiger charge is -2.36. The summed E-state index contributed by atoms with van der Waals surface area (Å²) in [5, 5.41) is 0. The van der Waals surface area contributed by atoms with Gasteiger partial charge in [0, 0.05) is 43.3 Å². The van der Waals surface area contributed by atoms with Crippen LogP contribution in [-0.2, 0) is 31.2 Å². The molecule has 13 heteroatoms. The highest BCUT2D eigenvalue weighted by Crippen LogP contribution is 2.44. The standard InChI is InChI=1S/C27H26F2N2O7S2/c1-18-25(14-19(17-39(28,33)34)15-26(18)38-40(29,35)36)30-10-12-31(13-11-30)27(32)37-16-24-22-8-4-2-6-20(22)21-7-3-5-9-23(21)24/h2-9,14-15,24H,10-13,16-17H2,1H3. The minimum absolute atomic E-state index is 0.0833. The lowest BCUT2D eigenvalue weighted by molar-refractivity contribution is 0.0976. The van der Waals surface area contributed by atoms with Crippen LogP contribution in [0.15, 0.2) is 60.7 Å². The van der Waals surface area contributed by atoms with E-state index in [4.69, 9.17) is 4.74 Å². The second-order valence-electron chi connectivity index (χ2n) is 9.68. The fraction of sp³-hybridized carbons (Fsp3) is 0.296. The van der Waals surface area contributed by atoms with Crippen molar-refractivity contribution in [3.8, 4) is 16.9 Å². The normalized spacial score (nSPS) is 15.5. The van der Waals surface area contributed by atoms with Crippen LogP contribution in [0.25, 0.3) is 11.1 Å². The van der Waals surface area contributed by atoms with Gasteiger partial charge >= 0.3 is 26.8 Å². The van der Waals surface area contributed by atoms with Crippen molar-refractivity contribution in [1.82, 2.24) is 4.90 Å². The maximum atomic E-state index is 13.4. The molecule has 1 saturated heterocycles. The largest absolute Gasteiger partial charge is 0.488 e. The van der Waals surface area contributed by atoms with Gasteiger partial charge in [-0.1, -0.05) is 52.4 Å². The first kappa shape index (κ1) is 27.8. The number of fused-ring (bicyclic) bond motifs is 3. The molecule has 212 valence electrons. The summed E-state index contributed by atoms with van der Waals surface area (Å²) in [7, 11) is -10.4. The number of carbonyl (C=O) groups excluding carboxylic acids is 1. The average Bonchev–Trinajstić information content (AvgIpc) is 3.21. The molecular formula is C27H26F2N2O7S2. The zero-order valence-electron chi connectivity index (χ0n) is 21.4. The molecule has 9 nitrogen and oxygen atoms in total. The van der Waals surface area contributed by atoms with Gasteiger partial charge in [-0.05, 0) is 46.9 Å². The predicted octanol–water partition coefficient (Wildman–Crippen LogP) is 4.46. The van der Waals surface area contributed by atoms with E-state index >= 15 is 0 Å². The molecule has 0 radical (unpaired) electrons. The van der Waals surface area contributed by atoms with Crippen molar-refractivity contribution in [1.29, 1.82) is 0 Å². The SMILES string of the molecule is Cc1c(OS(=O)(=O)F)cc(CS(=O)(=O)F)cc1N1CCN(C(=O)OCC2c3ccccc3-c3ccccc32)CC1. The van der Waals surface area contributed by atoms with Crippen LogP contribution in [0.5, 0.6) is 5.75 Å². The summed E-state index contributed by atoms with van der Waals surface area (Å²) in [5.41, 5.74) is 4.88. The number of ether oxygens (including phenoxy) is 1. The molecule has 0 spiro atoms. The number of rotatable bonds is 7. The van der Waals surface area contributed by atoms with E-state index in [2.05, 4.69) is 16.3 Å². The van der Waals surface area contributed by atoms with Crippen molar-refractivity contribution < 1.29 is 38.3 Å². The third-order valence-corrected chi connectivity index (χ3v) is 8.19. The second kappa shape index (κ2) is 10.7. The average molecular weight is 593 g/mol. The molecule has 0 saturated carbocycles. The van der Waals surface area contributed by atoms with Gasteiger partial charge < -0.3 is 18.7 Å². The molecule has 2 aliphatic rings. The molecule has 1 fully saturated rings. The molecule has 0 aromatic heterocycles. The maximum absolute atomic E-state index is 13.4. The van der Waals surface area contributed by atoms with Crippen molar-refractivity contribution >= 4 is 32.5 Å². The van der Waals surface area contributed by atoms with Crippen molar-refractivity contribution in [3.05, 3.63) is 82.9 Å². The summed E-state index contributed by atoms with van der Waals surface area (Å²) in [6, 6.07) is 18.4. The van der Waals surface area contributed by atoms with Gasteiger partial charge in [0.15, 0.2) is 5.75 Å². The monoisotopic (exact) mass is 592 g/mol. The molecular weight excluding hydrogens is 566 g/mol. The van der Waals surface area contributed by atoms with E-state index in [9.17, 15) is 29.4 Å². The molecule has 40 heavy (non-hydrogen) atoms. The quantitative estimate of drug-likeness (QED) is 0.370. The molecule has 1 aliphatic heterocycles. The molecule has 5 rings (SSSR count). The Balaban J connectivity index is 1.27. The van der Waals surface area contributed by atoms with Gasteiger partial charge in [-0.15, -0.1) is 3.89 Å². The molecule has 1 amide bonds. The van der Waals surface area contributed by atoms with Crippen LogP contribution in [0, 0.1) is 6.92 Å². The zero-order valence-corrected chi connectivity index (χ0v) is 23.1. The highest BCUT2D eigenvalue weighted by atomic mass is 32.3. The van der Waals surface area contributed by atoms with Gasteiger partial charge in [0.1, 0.15) is 12.4 Å². The fourth-order valence-corrected chi connectivity index (χ4v) is 6.30. The van der Waals surface area contributed by atoms with Gasteiger partial charge in [0.05, 0.1) is 0 Å². The second-order valence-corrected chi connectivity index (χ2v) is 12.0. The van der Waals surface area contributed by atoms with Crippen LogP contribution in [0.1, 0.15) is 28.2 Å². The molecule has 0 bridgehead atoms. The van der Waals surface area contributed by atoms with Crippen LogP contribution in [0.3, 0.4) is 0 Å². The number of amides is 1. The molecule has 0 atom stereocenters. The fourth-order valence-electron chi connectivity index (χ4n) is 5.35. The lowest BCUT2D eigenvalue weighted by atomic mass is 9.98. The summed E-state index contributed by atoms with van der Waals surface area (Å²) in [6.07, 6.45) is -0.483. The van der Waals surface area contributed by atoms with E-state index in [0.29, 0.717) is 5.69 Å². The van der Waals surface area contributed by atoms with Crippen molar-refractivity contribution in [3.63, 3.8) is 0 Å². The van der Waals surface area contributed by atoms with Gasteiger partial charge in [0.2, 0.25) is 0 Å². The Morgan fingerprint density at radius 2 is 1.48 bits per heavy atom. The van der Waals surface area contributed by atoms with Gasteiger partial charge in [-0.25, -0.2) is 4.79 Å². The van der Waals surface area contributed by atoms with E-state index in [1.807, 2.05) is 36.4 Å². The number of nitrogens with zero attached hydrogens (tertiary/aromatic N) is 2. The predicted molar refractivity (Wildman–Crippen MR) is 144 cm³/mol. The number of benzene rings is 3. The minimum atomic E-state index is -5.41. The Morgan fingerprint density at radius 3 is 2.02 bits per heavy atom. The first-order chi connectivity index (χ1) is 18.9. The number of hydrogen-bond donors (Lipinski definition) is 0. The van der Waals surface area contributed by atoms with Crippen LogP contribution in [0.4, 0.5) is 18.3 Å². The Morgan fingerprint density at radius 1 is 0.900 bits per heavy atom. The first-order valence-electron chi connectivity index (χ1n) is 12.4. The lowest BCUT2D eigenvalue weighted by Crippen LogP contribution is -2.49. The van der Waals surface area contributed by atoms with Crippen LogP contribution in [0.2, 0.25) is 0 Å². The number of halogens is 2. The highest BCUT2D eigenvalue weighted by molar-refractivity contribution is 7.85. The minimum Gasteiger partial charge on any atom is -0.448 e. The van der Waals surface area contributed by atoms with Gasteiger partial charge in [-0.3, -0.25) is 0 Å². The van der Waals surface area contributed by atoms with Gasteiger partial charge in [0.25, 0.3) is 0 Å². The zero-order chi connectivity index (χ0) is 28.7. The summed E-state index contributed by atoms with van der Waals surface area (Å²) >= 11 is 0. The molecule has 0 unspecified atom stereocenters. The Labute approximate surface area is 231 Å². The summed E-state index contributed by atoms with van der Waals surface area (Å²) < 4.78 is 81.4. The van der Waals surface area contributed by atoms with E-state index in [0.717, 1.165) is 28.3 Å². The van der Waals surface area contributed by atoms with Gasteiger partial charge in [-0.2, -0.15) is 16.8 Å². The maximum Gasteiger partial charge on any atom is 0.488 e. The van der Waals surface area contributed by atoms with Crippen molar-refractivity contribution in [2.75, 3.05) is 37.7 Å². The number of anilines is 1. The van der Waals surface area contributed by atoms with Crippen LogP contribution >= 0.6 is 0 Å². The molecule has 3 aromatic carbocycles. The van der Waals surface area contributed by atoms with Crippen LogP contribution in [-0.4, -0.2) is 60.6 Å². The Bertz CT molecular complexity index is 1630. The van der Waals surface area contributed by atoms with Crippen LogP contribution < -0.4 is 9.08 Å². The molecule has 0 N–H and O–H groups in total. The summed E-state index contributed by atoms with van der Waals surface area (Å²) in [5.74, 6) is -1.57. The number of carbonyl (C=O) groups is 1. The van der Waals surface area contributed by atoms with E-state index < -0.39 is 38.3 Å². The van der Waals surface area contributed by atoms with Crippen molar-refractivity contribution in [2.24, 2.45) is 0 Å². The van der Waals surface area contributed by atoms with Crippen molar-refractivity contribution in [2.45, 2.75) is 18.6 Å². The summed E-state index contributed by atoms with van der Waals surface area (Å²) in [6.45, 7) is 2.70. The summed E-state index contributed by atoms with van der Waals surface area (Å²) in [4.78, 5) is 16.3. The smallest absolute Gasteiger partial charge is 0.448 e. The molecule has 3 aromatic rings. The third-order valence-electron chi connectivity index (χ3n) is 7.14. The molecule has 1 heterocycles. The Hall–Kier alpha value is -3.71. The number of hydrogen-bond acceptors (Lipinski definition) is 8. The number of piperazine rings is 1. The first-order valence-corrected chi connectivity index (χ1v) is 15.3. The topological polar surface area (TPSA) is 110 Å². The Kier molecular flexibility index (Phi) is 7.44. The van der Waals surface area contributed by atoms with E-state index in [1.54, 1.807) is 4.90 Å².